The van der Waals surface area contributed by atoms with Gasteiger partial charge in [0.25, 0.3) is 0 Å². The average Bonchev–Trinajstić information content (AvgIpc) is 2.48. The molecule has 2 rings (SSSR count). The molecule has 1 aromatic rings. The fraction of sp³-hybridized carbons (Fsp3) is 0.562. The summed E-state index contributed by atoms with van der Waals surface area (Å²) in [7, 11) is 0. The van der Waals surface area contributed by atoms with Gasteiger partial charge in [0.15, 0.2) is 0 Å². The van der Waals surface area contributed by atoms with Gasteiger partial charge in [-0.25, -0.2) is 0 Å². The molecule has 0 aromatic heterocycles. The maximum absolute atomic E-state index is 11.8. The maximum Gasteiger partial charge on any atom is 0.224 e. The van der Waals surface area contributed by atoms with E-state index in [2.05, 4.69) is 35.6 Å². The van der Waals surface area contributed by atoms with Crippen molar-refractivity contribution >= 4 is 5.91 Å². The van der Waals surface area contributed by atoms with Crippen LogP contribution in [0.4, 0.5) is 0 Å². The lowest BCUT2D eigenvalue weighted by Crippen LogP contribution is -2.41. The molecule has 0 bridgehead atoms. The Bertz CT molecular complexity index is 396. The first-order valence-corrected chi connectivity index (χ1v) is 7.26. The van der Waals surface area contributed by atoms with E-state index in [1.54, 1.807) is 0 Å². The van der Waals surface area contributed by atoms with Gasteiger partial charge in [-0.1, -0.05) is 37.3 Å². The van der Waals surface area contributed by atoms with Crippen LogP contribution >= 0.6 is 0 Å². The van der Waals surface area contributed by atoms with Gasteiger partial charge in [0.05, 0.1) is 0 Å². The zero-order chi connectivity index (χ0) is 13.7. The normalized spacial score (nSPS) is 24.7. The molecule has 3 heteroatoms. The molecule has 1 aliphatic carbocycles. The van der Waals surface area contributed by atoms with Gasteiger partial charge in [-0.3, -0.25) is 4.79 Å². The van der Waals surface area contributed by atoms with Gasteiger partial charge < -0.3 is 11.1 Å². The molecule has 1 atom stereocenters. The van der Waals surface area contributed by atoms with E-state index < -0.39 is 0 Å². The van der Waals surface area contributed by atoms with E-state index in [0.29, 0.717) is 18.5 Å². The molecule has 0 saturated heterocycles. The quantitative estimate of drug-likeness (QED) is 0.873. The van der Waals surface area contributed by atoms with Crippen molar-refractivity contribution < 1.29 is 4.79 Å². The van der Waals surface area contributed by atoms with Crippen LogP contribution in [0.5, 0.6) is 0 Å². The van der Waals surface area contributed by atoms with Crippen LogP contribution in [0.3, 0.4) is 0 Å². The van der Waals surface area contributed by atoms with Crippen molar-refractivity contribution in [1.82, 2.24) is 5.32 Å². The van der Waals surface area contributed by atoms with Gasteiger partial charge in [0, 0.05) is 18.5 Å². The van der Waals surface area contributed by atoms with Gasteiger partial charge in [-0.2, -0.15) is 0 Å². The van der Waals surface area contributed by atoms with Crippen molar-refractivity contribution in [2.24, 2.45) is 11.7 Å². The highest BCUT2D eigenvalue weighted by Crippen LogP contribution is 2.32. The third-order valence-electron chi connectivity index (χ3n) is 4.15. The molecule has 1 fully saturated rings. The molecule has 0 heterocycles. The van der Waals surface area contributed by atoms with E-state index in [1.807, 2.05) is 6.92 Å². The Morgan fingerprint density at radius 1 is 1.26 bits per heavy atom. The molecule has 0 aliphatic heterocycles. The number of hydrogen-bond donors (Lipinski definition) is 2. The van der Waals surface area contributed by atoms with Crippen LogP contribution in [0.15, 0.2) is 30.3 Å². The lowest BCUT2D eigenvalue weighted by Gasteiger charge is -2.30. The van der Waals surface area contributed by atoms with Crippen molar-refractivity contribution in [2.45, 2.75) is 44.6 Å². The first kappa shape index (κ1) is 14.1. The first-order valence-electron chi connectivity index (χ1n) is 7.26. The van der Waals surface area contributed by atoms with Crippen molar-refractivity contribution in [3.63, 3.8) is 0 Å². The largest absolute Gasteiger partial charge is 0.353 e. The second-order valence-electron chi connectivity index (χ2n) is 5.60. The molecular formula is C16H24N2O. The molecule has 0 spiro atoms. The Morgan fingerprint density at radius 2 is 1.89 bits per heavy atom. The predicted octanol–water partition coefficient (Wildman–Crippen LogP) is 2.42. The number of hydrogen-bond acceptors (Lipinski definition) is 2. The number of carbonyl (C=O) groups is 1. The minimum Gasteiger partial charge on any atom is -0.353 e. The van der Waals surface area contributed by atoms with Gasteiger partial charge >= 0.3 is 0 Å². The number of carbonyl (C=O) groups excluding carboxylic acids is 1. The van der Waals surface area contributed by atoms with Crippen LogP contribution in [0, 0.1) is 5.92 Å². The minimum atomic E-state index is -0.0770. The Morgan fingerprint density at radius 3 is 2.47 bits per heavy atom. The monoisotopic (exact) mass is 260 g/mol. The van der Waals surface area contributed by atoms with Crippen LogP contribution in [-0.4, -0.2) is 18.5 Å². The fourth-order valence-corrected chi connectivity index (χ4v) is 2.75. The van der Waals surface area contributed by atoms with Crippen molar-refractivity contribution in [1.29, 1.82) is 0 Å². The fourth-order valence-electron chi connectivity index (χ4n) is 2.75. The van der Waals surface area contributed by atoms with Crippen molar-refractivity contribution in [3.8, 4) is 0 Å². The second-order valence-corrected chi connectivity index (χ2v) is 5.60. The summed E-state index contributed by atoms with van der Waals surface area (Å²) in [5.41, 5.74) is 6.95. The number of rotatable bonds is 4. The highest BCUT2D eigenvalue weighted by molar-refractivity contribution is 5.78. The molecule has 19 heavy (non-hydrogen) atoms. The highest BCUT2D eigenvalue weighted by atomic mass is 16.1. The summed E-state index contributed by atoms with van der Waals surface area (Å²) in [6, 6.07) is 11.0. The molecular weight excluding hydrogens is 236 g/mol. The average molecular weight is 260 g/mol. The molecule has 1 aromatic carbocycles. The number of amides is 1. The van der Waals surface area contributed by atoms with Gasteiger partial charge in [0.1, 0.15) is 0 Å². The van der Waals surface area contributed by atoms with Crippen LogP contribution in [-0.2, 0) is 4.79 Å². The lowest BCUT2D eigenvalue weighted by molar-refractivity contribution is -0.125. The van der Waals surface area contributed by atoms with E-state index >= 15 is 0 Å². The summed E-state index contributed by atoms with van der Waals surface area (Å²) in [4.78, 5) is 11.8. The summed E-state index contributed by atoms with van der Waals surface area (Å²) >= 11 is 0. The Kier molecular flexibility index (Phi) is 4.97. The summed E-state index contributed by atoms with van der Waals surface area (Å²) < 4.78 is 0. The maximum atomic E-state index is 11.8. The number of nitrogens with one attached hydrogen (secondary N) is 1. The van der Waals surface area contributed by atoms with Crippen LogP contribution in [0.25, 0.3) is 0 Å². The molecule has 1 aliphatic rings. The zero-order valence-corrected chi connectivity index (χ0v) is 11.6. The molecule has 3 N–H and O–H groups in total. The van der Waals surface area contributed by atoms with E-state index in [4.69, 9.17) is 5.73 Å². The standard InChI is InChI=1S/C16H24N2O/c1-12(11-17)16(19)18-15-9-7-14(8-10-15)13-5-3-2-4-6-13/h2-6,12,14-15H,7-11,17H2,1H3,(H,18,19). The molecule has 1 amide bonds. The topological polar surface area (TPSA) is 55.1 Å². The smallest absolute Gasteiger partial charge is 0.224 e. The first-order chi connectivity index (χ1) is 9.20. The Labute approximate surface area is 115 Å². The minimum absolute atomic E-state index is 0.0770. The van der Waals surface area contributed by atoms with E-state index in [1.165, 1.54) is 5.56 Å². The Balaban J connectivity index is 1.81. The van der Waals surface area contributed by atoms with E-state index in [-0.39, 0.29) is 11.8 Å². The van der Waals surface area contributed by atoms with Crippen LogP contribution in [0.2, 0.25) is 0 Å². The van der Waals surface area contributed by atoms with Gasteiger partial charge in [-0.15, -0.1) is 0 Å². The van der Waals surface area contributed by atoms with Crippen molar-refractivity contribution in [3.05, 3.63) is 35.9 Å². The van der Waals surface area contributed by atoms with Crippen LogP contribution in [0.1, 0.15) is 44.1 Å². The van der Waals surface area contributed by atoms with E-state index in [9.17, 15) is 4.79 Å². The molecule has 1 saturated carbocycles. The predicted molar refractivity (Wildman–Crippen MR) is 77.8 cm³/mol. The molecule has 3 nitrogen and oxygen atoms in total. The van der Waals surface area contributed by atoms with Gasteiger partial charge in [0.2, 0.25) is 5.91 Å². The number of benzene rings is 1. The van der Waals surface area contributed by atoms with Gasteiger partial charge in [-0.05, 0) is 37.2 Å². The summed E-state index contributed by atoms with van der Waals surface area (Å²) in [5.74, 6) is 0.679. The Hall–Kier alpha value is -1.35. The van der Waals surface area contributed by atoms with Crippen LogP contribution < -0.4 is 11.1 Å². The summed E-state index contributed by atoms with van der Waals surface area (Å²) in [6.45, 7) is 2.30. The third kappa shape index (κ3) is 3.80. The zero-order valence-electron chi connectivity index (χ0n) is 11.6. The highest BCUT2D eigenvalue weighted by Gasteiger charge is 2.24. The second kappa shape index (κ2) is 6.71. The number of nitrogens with two attached hydrogens (primary N) is 1. The third-order valence-corrected chi connectivity index (χ3v) is 4.15. The molecule has 0 radical (unpaired) electrons. The summed E-state index contributed by atoms with van der Waals surface area (Å²) in [5, 5.41) is 3.12. The van der Waals surface area contributed by atoms with Crippen molar-refractivity contribution in [2.75, 3.05) is 6.54 Å². The molecule has 104 valence electrons. The lowest BCUT2D eigenvalue weighted by atomic mass is 9.81. The summed E-state index contributed by atoms with van der Waals surface area (Å²) in [6.07, 6.45) is 4.46. The van der Waals surface area contributed by atoms with E-state index in [0.717, 1.165) is 25.7 Å². The molecule has 1 unspecified atom stereocenters. The SMILES string of the molecule is CC(CN)C(=O)NC1CCC(c2ccccc2)CC1.